The average molecular weight is 207 g/mol. The molecule has 0 atom stereocenters. The highest BCUT2D eigenvalue weighted by atomic mass is 19.1. The van der Waals surface area contributed by atoms with Gasteiger partial charge in [-0.3, -0.25) is 0 Å². The van der Waals surface area contributed by atoms with Crippen molar-refractivity contribution in [2.45, 2.75) is 6.92 Å². The Bertz CT molecular complexity index is 458. The number of ether oxygens (including phenoxy) is 1. The zero-order chi connectivity index (χ0) is 11.4. The molecule has 0 aliphatic rings. The third-order valence-corrected chi connectivity index (χ3v) is 1.84. The van der Waals surface area contributed by atoms with Crippen LogP contribution in [0.3, 0.4) is 0 Å². The van der Waals surface area contributed by atoms with E-state index < -0.39 is 11.8 Å². The molecule has 0 amide bonds. The van der Waals surface area contributed by atoms with Crippen molar-refractivity contribution < 1.29 is 13.9 Å². The molecule has 0 aliphatic heterocycles. The third kappa shape index (κ3) is 2.71. The summed E-state index contributed by atoms with van der Waals surface area (Å²) in [5, 5.41) is 0. The number of hydrogen-bond acceptors (Lipinski definition) is 3. The first kappa shape index (κ1) is 11.1. The predicted octanol–water partition coefficient (Wildman–Crippen LogP) is 1.24. The number of anilines is 1. The second-order valence-electron chi connectivity index (χ2n) is 2.93. The molecule has 4 heteroatoms. The summed E-state index contributed by atoms with van der Waals surface area (Å²) in [5.74, 6) is 3.27. The van der Waals surface area contributed by atoms with Gasteiger partial charge >= 0.3 is 5.97 Å². The number of carbonyl (C=O) groups is 1. The van der Waals surface area contributed by atoms with Crippen molar-refractivity contribution in [1.29, 1.82) is 0 Å². The minimum absolute atomic E-state index is 0.132. The van der Waals surface area contributed by atoms with Crippen LogP contribution in [0.25, 0.3) is 0 Å². The topological polar surface area (TPSA) is 52.3 Å². The molecular formula is C11H10FNO2. The van der Waals surface area contributed by atoms with Gasteiger partial charge in [0.15, 0.2) is 0 Å². The van der Waals surface area contributed by atoms with Crippen LogP contribution in [0.1, 0.15) is 11.1 Å². The number of hydrogen-bond donors (Lipinski definition) is 1. The van der Waals surface area contributed by atoms with Gasteiger partial charge in [0, 0.05) is 11.6 Å². The molecule has 0 aromatic heterocycles. The average Bonchev–Trinajstić information content (AvgIpc) is 2.21. The van der Waals surface area contributed by atoms with E-state index in [0.717, 1.165) is 0 Å². The number of nitrogen functional groups attached to an aromatic ring is 1. The summed E-state index contributed by atoms with van der Waals surface area (Å²) in [6, 6.07) is 2.66. The first-order valence-electron chi connectivity index (χ1n) is 4.20. The van der Waals surface area contributed by atoms with E-state index in [1.54, 1.807) is 6.92 Å². The van der Waals surface area contributed by atoms with Crippen molar-refractivity contribution in [2.24, 2.45) is 0 Å². The Kier molecular flexibility index (Phi) is 3.29. The SMILES string of the molecule is COC(=O)C#Cc1cc(C)c(N)cc1F. The van der Waals surface area contributed by atoms with Gasteiger partial charge in [-0.05, 0) is 24.6 Å². The number of aryl methyl sites for hydroxylation is 1. The fourth-order valence-corrected chi connectivity index (χ4v) is 0.962. The van der Waals surface area contributed by atoms with Crippen LogP contribution < -0.4 is 5.73 Å². The van der Waals surface area contributed by atoms with E-state index >= 15 is 0 Å². The molecular weight excluding hydrogens is 197 g/mol. The molecule has 0 saturated carbocycles. The standard InChI is InChI=1S/C11H10FNO2/c1-7-5-8(3-4-11(14)15-2)9(12)6-10(7)13/h5-6H,13H2,1-2H3. The van der Waals surface area contributed by atoms with Gasteiger partial charge in [-0.2, -0.15) is 0 Å². The van der Waals surface area contributed by atoms with Crippen molar-refractivity contribution in [3.05, 3.63) is 29.1 Å². The van der Waals surface area contributed by atoms with Crippen molar-refractivity contribution in [3.8, 4) is 11.8 Å². The number of halogens is 1. The van der Waals surface area contributed by atoms with Crippen LogP contribution >= 0.6 is 0 Å². The molecule has 0 unspecified atom stereocenters. The molecule has 0 aliphatic carbocycles. The number of nitrogens with two attached hydrogens (primary N) is 1. The number of methoxy groups -OCH3 is 1. The first-order valence-corrected chi connectivity index (χ1v) is 4.20. The van der Waals surface area contributed by atoms with Crippen LogP contribution in [0, 0.1) is 24.6 Å². The van der Waals surface area contributed by atoms with Crippen LogP contribution in [0.4, 0.5) is 10.1 Å². The predicted molar refractivity (Wildman–Crippen MR) is 54.4 cm³/mol. The maximum Gasteiger partial charge on any atom is 0.384 e. The van der Waals surface area contributed by atoms with Crippen LogP contribution in [0.5, 0.6) is 0 Å². The molecule has 2 N–H and O–H groups in total. The Morgan fingerprint density at radius 3 is 2.80 bits per heavy atom. The van der Waals surface area contributed by atoms with E-state index in [1.807, 2.05) is 0 Å². The Labute approximate surface area is 87.0 Å². The molecule has 0 spiro atoms. The van der Waals surface area contributed by atoms with Crippen molar-refractivity contribution in [2.75, 3.05) is 12.8 Å². The number of rotatable bonds is 0. The highest BCUT2D eigenvalue weighted by molar-refractivity contribution is 5.89. The van der Waals surface area contributed by atoms with Gasteiger partial charge in [0.05, 0.1) is 12.7 Å². The molecule has 1 aromatic rings. The second-order valence-corrected chi connectivity index (χ2v) is 2.93. The Morgan fingerprint density at radius 2 is 2.20 bits per heavy atom. The summed E-state index contributed by atoms with van der Waals surface area (Å²) in [6.45, 7) is 1.73. The monoisotopic (exact) mass is 207 g/mol. The molecule has 15 heavy (non-hydrogen) atoms. The Balaban J connectivity index is 3.09. The van der Waals surface area contributed by atoms with E-state index in [-0.39, 0.29) is 5.56 Å². The third-order valence-electron chi connectivity index (χ3n) is 1.84. The van der Waals surface area contributed by atoms with Crippen molar-refractivity contribution in [3.63, 3.8) is 0 Å². The number of carbonyl (C=O) groups excluding carboxylic acids is 1. The Hall–Kier alpha value is -2.02. The summed E-state index contributed by atoms with van der Waals surface area (Å²) >= 11 is 0. The van der Waals surface area contributed by atoms with Gasteiger partial charge in [-0.15, -0.1) is 0 Å². The van der Waals surface area contributed by atoms with E-state index in [2.05, 4.69) is 16.6 Å². The van der Waals surface area contributed by atoms with Gasteiger partial charge in [-0.25, -0.2) is 9.18 Å². The van der Waals surface area contributed by atoms with Gasteiger partial charge < -0.3 is 10.5 Å². The maximum atomic E-state index is 13.3. The van der Waals surface area contributed by atoms with Crippen LogP contribution in [-0.2, 0) is 9.53 Å². The fourth-order valence-electron chi connectivity index (χ4n) is 0.962. The fraction of sp³-hybridized carbons (Fsp3) is 0.182. The van der Waals surface area contributed by atoms with E-state index in [0.29, 0.717) is 11.3 Å². The van der Waals surface area contributed by atoms with Crippen LogP contribution in [0.2, 0.25) is 0 Å². The largest absolute Gasteiger partial charge is 0.459 e. The maximum absolute atomic E-state index is 13.3. The molecule has 0 bridgehead atoms. The molecule has 3 nitrogen and oxygen atoms in total. The molecule has 1 aromatic carbocycles. The van der Waals surface area contributed by atoms with E-state index in [4.69, 9.17) is 5.73 Å². The lowest BCUT2D eigenvalue weighted by Crippen LogP contribution is -1.96. The first-order chi connectivity index (χ1) is 7.04. The molecule has 78 valence electrons. The van der Waals surface area contributed by atoms with Gasteiger partial charge in [-0.1, -0.05) is 5.92 Å². The normalized spacial score (nSPS) is 9.00. The zero-order valence-electron chi connectivity index (χ0n) is 8.43. The molecule has 0 heterocycles. The van der Waals surface area contributed by atoms with Crippen LogP contribution in [-0.4, -0.2) is 13.1 Å². The van der Waals surface area contributed by atoms with Crippen molar-refractivity contribution in [1.82, 2.24) is 0 Å². The number of benzene rings is 1. The summed E-state index contributed by atoms with van der Waals surface area (Å²) in [4.78, 5) is 10.7. The summed E-state index contributed by atoms with van der Waals surface area (Å²) < 4.78 is 17.6. The molecule has 0 radical (unpaired) electrons. The molecule has 0 saturated heterocycles. The Morgan fingerprint density at radius 1 is 1.53 bits per heavy atom. The minimum atomic E-state index is -0.705. The van der Waals surface area contributed by atoms with E-state index in [9.17, 15) is 9.18 Å². The van der Waals surface area contributed by atoms with Gasteiger partial charge in [0.1, 0.15) is 5.82 Å². The molecule has 1 rings (SSSR count). The zero-order valence-corrected chi connectivity index (χ0v) is 8.43. The summed E-state index contributed by atoms with van der Waals surface area (Å²) in [5.41, 5.74) is 6.69. The lowest BCUT2D eigenvalue weighted by atomic mass is 10.1. The van der Waals surface area contributed by atoms with Gasteiger partial charge in [0.25, 0.3) is 0 Å². The summed E-state index contributed by atoms with van der Waals surface area (Å²) in [6.07, 6.45) is 0. The van der Waals surface area contributed by atoms with Gasteiger partial charge in [0.2, 0.25) is 0 Å². The quantitative estimate of drug-likeness (QED) is 0.395. The molecule has 0 fully saturated rings. The lowest BCUT2D eigenvalue weighted by molar-refractivity contribution is -0.133. The smallest absolute Gasteiger partial charge is 0.384 e. The highest BCUT2D eigenvalue weighted by Crippen LogP contribution is 2.16. The lowest BCUT2D eigenvalue weighted by Gasteiger charge is -2.01. The number of esters is 1. The summed E-state index contributed by atoms with van der Waals surface area (Å²) in [7, 11) is 1.21. The minimum Gasteiger partial charge on any atom is -0.459 e. The van der Waals surface area contributed by atoms with E-state index in [1.165, 1.54) is 19.2 Å². The second kappa shape index (κ2) is 4.47. The highest BCUT2D eigenvalue weighted by Gasteiger charge is 2.03. The van der Waals surface area contributed by atoms with Crippen molar-refractivity contribution >= 4 is 11.7 Å². The van der Waals surface area contributed by atoms with Crippen LogP contribution in [0.15, 0.2) is 12.1 Å².